The molecule has 0 bridgehead atoms. The molecule has 2 aliphatic carbocycles. The van der Waals surface area contributed by atoms with E-state index in [-0.39, 0.29) is 12.1 Å². The Kier molecular flexibility index (Phi) is 5.39. The molecule has 3 aliphatic rings. The first kappa shape index (κ1) is 18.0. The molecule has 1 aliphatic heterocycles. The van der Waals surface area contributed by atoms with Crippen LogP contribution in [-0.4, -0.2) is 36.1 Å². The van der Waals surface area contributed by atoms with Crippen LogP contribution in [-0.2, 0) is 9.53 Å². The predicted molar refractivity (Wildman–Crippen MR) is 97.8 cm³/mol. The molecule has 1 heterocycles. The van der Waals surface area contributed by atoms with E-state index in [1.165, 1.54) is 63.6 Å². The molecule has 0 radical (unpaired) electrons. The Morgan fingerprint density at radius 1 is 1.21 bits per heavy atom. The van der Waals surface area contributed by atoms with Gasteiger partial charge in [0.15, 0.2) is 0 Å². The van der Waals surface area contributed by atoms with Gasteiger partial charge >= 0.3 is 5.97 Å². The summed E-state index contributed by atoms with van der Waals surface area (Å²) in [6.45, 7) is 10.7. The maximum Gasteiger partial charge on any atom is 0.311 e. The number of piperidine rings is 1. The van der Waals surface area contributed by atoms with E-state index in [0.717, 1.165) is 18.4 Å². The zero-order chi connectivity index (χ0) is 17.3. The van der Waals surface area contributed by atoms with Crippen LogP contribution in [0, 0.1) is 11.3 Å². The normalized spacial score (nSPS) is 31.4. The van der Waals surface area contributed by atoms with E-state index in [2.05, 4.69) is 11.8 Å². The quantitative estimate of drug-likeness (QED) is 0.553. The summed E-state index contributed by atoms with van der Waals surface area (Å²) < 4.78 is 5.97. The second-order valence-corrected chi connectivity index (χ2v) is 9.08. The van der Waals surface area contributed by atoms with Crippen molar-refractivity contribution in [3.05, 3.63) is 11.1 Å². The highest BCUT2D eigenvalue weighted by Crippen LogP contribution is 2.44. The standard InChI is InChI=1S/C21H35NO2/c1-5-11-22-12-7-9-16-13-17-15(14-18(16)22)8-6-10-19(17)24-20(23)21(2,3)4/h16,18-19H,5-14H2,1-4H3/t16-,18-,19-/m1/s1. The number of fused-ring (bicyclic) bond motifs is 1. The van der Waals surface area contributed by atoms with Crippen molar-refractivity contribution in [3.63, 3.8) is 0 Å². The van der Waals surface area contributed by atoms with Gasteiger partial charge in [-0.15, -0.1) is 0 Å². The summed E-state index contributed by atoms with van der Waals surface area (Å²) in [7, 11) is 0. The van der Waals surface area contributed by atoms with Crippen molar-refractivity contribution in [2.75, 3.05) is 13.1 Å². The summed E-state index contributed by atoms with van der Waals surface area (Å²) >= 11 is 0. The van der Waals surface area contributed by atoms with Crippen molar-refractivity contribution in [1.29, 1.82) is 0 Å². The van der Waals surface area contributed by atoms with E-state index in [1.54, 1.807) is 5.57 Å². The maximum atomic E-state index is 12.4. The van der Waals surface area contributed by atoms with Gasteiger partial charge < -0.3 is 4.74 Å². The fraction of sp³-hybridized carbons (Fsp3) is 0.857. The van der Waals surface area contributed by atoms with Crippen molar-refractivity contribution < 1.29 is 9.53 Å². The summed E-state index contributed by atoms with van der Waals surface area (Å²) in [6.07, 6.45) is 9.80. The first-order chi connectivity index (χ1) is 11.4. The van der Waals surface area contributed by atoms with Crippen LogP contribution < -0.4 is 0 Å². The minimum absolute atomic E-state index is 0.0420. The Labute approximate surface area is 147 Å². The number of likely N-dealkylation sites (tertiary alicyclic amines) is 1. The van der Waals surface area contributed by atoms with Gasteiger partial charge in [0.05, 0.1) is 5.41 Å². The third-order valence-corrected chi connectivity index (χ3v) is 6.13. The van der Waals surface area contributed by atoms with E-state index in [9.17, 15) is 4.79 Å². The number of nitrogens with zero attached hydrogens (tertiary/aromatic N) is 1. The van der Waals surface area contributed by atoms with E-state index in [4.69, 9.17) is 4.74 Å². The van der Waals surface area contributed by atoms with Crippen LogP contribution in [0.3, 0.4) is 0 Å². The lowest BCUT2D eigenvalue weighted by Gasteiger charge is -2.47. The van der Waals surface area contributed by atoms with Crippen molar-refractivity contribution in [3.8, 4) is 0 Å². The SMILES string of the molecule is CCCN1CCC[C@@H]2CC3=C(CCC[C@H]3OC(=O)C(C)(C)C)C[C@H]21. The van der Waals surface area contributed by atoms with Crippen LogP contribution in [0.1, 0.15) is 79.1 Å². The lowest BCUT2D eigenvalue weighted by molar-refractivity contribution is -0.157. The lowest BCUT2D eigenvalue weighted by atomic mass is 9.70. The minimum Gasteiger partial charge on any atom is -0.457 e. The van der Waals surface area contributed by atoms with Crippen LogP contribution in [0.15, 0.2) is 11.1 Å². The minimum atomic E-state index is -0.405. The Morgan fingerprint density at radius 2 is 2.00 bits per heavy atom. The number of esters is 1. The monoisotopic (exact) mass is 333 g/mol. The molecule has 3 heteroatoms. The summed E-state index contributed by atoms with van der Waals surface area (Å²) in [5, 5.41) is 0. The molecule has 0 unspecified atom stereocenters. The van der Waals surface area contributed by atoms with E-state index in [0.29, 0.717) is 0 Å². The molecule has 0 saturated carbocycles. The van der Waals surface area contributed by atoms with E-state index >= 15 is 0 Å². The molecule has 0 aromatic carbocycles. The molecule has 0 amide bonds. The molecule has 1 fully saturated rings. The summed E-state index contributed by atoms with van der Waals surface area (Å²) in [5.41, 5.74) is 2.72. The molecular weight excluding hydrogens is 298 g/mol. The molecular formula is C21H35NO2. The fourth-order valence-electron chi connectivity index (χ4n) is 4.85. The number of ether oxygens (including phenoxy) is 1. The molecule has 3 atom stereocenters. The summed E-state index contributed by atoms with van der Waals surface area (Å²) in [6, 6.07) is 0.745. The van der Waals surface area contributed by atoms with Crippen molar-refractivity contribution in [2.24, 2.45) is 11.3 Å². The molecule has 24 heavy (non-hydrogen) atoms. The number of hydrogen-bond acceptors (Lipinski definition) is 3. The first-order valence-corrected chi connectivity index (χ1v) is 10.1. The van der Waals surface area contributed by atoms with Crippen LogP contribution >= 0.6 is 0 Å². The molecule has 0 aromatic heterocycles. The molecule has 0 N–H and O–H groups in total. The number of carbonyl (C=O) groups is 1. The molecule has 0 spiro atoms. The van der Waals surface area contributed by atoms with Crippen molar-refractivity contribution in [2.45, 2.75) is 91.2 Å². The topological polar surface area (TPSA) is 29.5 Å². The highest BCUT2D eigenvalue weighted by atomic mass is 16.5. The van der Waals surface area contributed by atoms with E-state index < -0.39 is 5.41 Å². The number of rotatable bonds is 3. The van der Waals surface area contributed by atoms with Gasteiger partial charge in [-0.3, -0.25) is 9.69 Å². The van der Waals surface area contributed by atoms with Crippen molar-refractivity contribution in [1.82, 2.24) is 4.90 Å². The van der Waals surface area contributed by atoms with Gasteiger partial charge in [0.25, 0.3) is 0 Å². The number of hydrogen-bond donors (Lipinski definition) is 0. The average Bonchev–Trinajstić information content (AvgIpc) is 2.53. The molecule has 1 saturated heterocycles. The van der Waals surface area contributed by atoms with Crippen LogP contribution in [0.2, 0.25) is 0 Å². The van der Waals surface area contributed by atoms with Crippen LogP contribution in [0.4, 0.5) is 0 Å². The van der Waals surface area contributed by atoms with Crippen LogP contribution in [0.5, 0.6) is 0 Å². The molecule has 3 rings (SSSR count). The largest absolute Gasteiger partial charge is 0.457 e. The Bertz CT molecular complexity index is 500. The van der Waals surface area contributed by atoms with Gasteiger partial charge in [-0.2, -0.15) is 0 Å². The number of carbonyl (C=O) groups excluding carboxylic acids is 1. The van der Waals surface area contributed by atoms with Gasteiger partial charge in [0.1, 0.15) is 6.10 Å². The summed E-state index contributed by atoms with van der Waals surface area (Å²) in [4.78, 5) is 15.1. The second-order valence-electron chi connectivity index (χ2n) is 9.08. The molecule has 0 aromatic rings. The highest BCUT2D eigenvalue weighted by molar-refractivity contribution is 5.75. The molecule has 3 nitrogen and oxygen atoms in total. The third-order valence-electron chi connectivity index (χ3n) is 6.13. The van der Waals surface area contributed by atoms with Gasteiger partial charge in [0.2, 0.25) is 0 Å². The molecule has 136 valence electrons. The smallest absolute Gasteiger partial charge is 0.311 e. The predicted octanol–water partition coefficient (Wildman–Crippen LogP) is 4.71. The Balaban J connectivity index is 1.76. The summed E-state index contributed by atoms with van der Waals surface area (Å²) in [5.74, 6) is 0.734. The first-order valence-electron chi connectivity index (χ1n) is 10.1. The van der Waals surface area contributed by atoms with Gasteiger partial charge in [-0.05, 0) is 96.7 Å². The Morgan fingerprint density at radius 3 is 2.71 bits per heavy atom. The van der Waals surface area contributed by atoms with Gasteiger partial charge in [-0.1, -0.05) is 12.5 Å². The highest BCUT2D eigenvalue weighted by Gasteiger charge is 2.40. The van der Waals surface area contributed by atoms with Gasteiger partial charge in [-0.25, -0.2) is 0 Å². The third kappa shape index (κ3) is 3.71. The van der Waals surface area contributed by atoms with Crippen LogP contribution in [0.25, 0.3) is 0 Å². The van der Waals surface area contributed by atoms with E-state index in [1.807, 2.05) is 20.8 Å². The Hall–Kier alpha value is -0.830. The fourth-order valence-corrected chi connectivity index (χ4v) is 4.85. The maximum absolute atomic E-state index is 12.4. The second kappa shape index (κ2) is 7.19. The van der Waals surface area contributed by atoms with Gasteiger partial charge in [0, 0.05) is 6.04 Å². The lowest BCUT2D eigenvalue weighted by Crippen LogP contribution is -2.48. The zero-order valence-corrected chi connectivity index (χ0v) is 16.1. The van der Waals surface area contributed by atoms with Crippen molar-refractivity contribution >= 4 is 5.97 Å². The zero-order valence-electron chi connectivity index (χ0n) is 16.1. The average molecular weight is 334 g/mol.